The first kappa shape index (κ1) is 36.8. The fraction of sp³-hybridized carbons (Fsp3) is 0.611. The van der Waals surface area contributed by atoms with Gasteiger partial charge in [-0.05, 0) is 30.7 Å². The molecular formula is C36H50BrN3O7. The van der Waals surface area contributed by atoms with Crippen LogP contribution in [0.1, 0.15) is 71.0 Å². The highest BCUT2D eigenvalue weighted by Gasteiger charge is 2.77. The molecule has 0 saturated carbocycles. The van der Waals surface area contributed by atoms with Gasteiger partial charge >= 0.3 is 5.97 Å². The summed E-state index contributed by atoms with van der Waals surface area (Å²) in [6.07, 6.45) is 5.27. The Bertz CT molecular complexity index is 1290. The smallest absolute Gasteiger partial charge is 0.313 e. The number of benzene rings is 1. The summed E-state index contributed by atoms with van der Waals surface area (Å²) in [7, 11) is 0. The number of aliphatic hydroxyl groups is 1. The molecule has 1 aromatic carbocycles. The second kappa shape index (κ2) is 16.4. The molecule has 11 heteroatoms. The van der Waals surface area contributed by atoms with Gasteiger partial charge in [-0.1, -0.05) is 92.0 Å². The van der Waals surface area contributed by atoms with Crippen molar-refractivity contribution in [3.8, 4) is 0 Å². The molecule has 1 aromatic rings. The van der Waals surface area contributed by atoms with Crippen LogP contribution in [-0.2, 0) is 28.7 Å². The van der Waals surface area contributed by atoms with Crippen molar-refractivity contribution in [3.05, 3.63) is 61.2 Å². The van der Waals surface area contributed by atoms with E-state index in [0.717, 1.165) is 12.8 Å². The van der Waals surface area contributed by atoms with Crippen LogP contribution in [-0.4, -0.2) is 93.5 Å². The number of amides is 3. The van der Waals surface area contributed by atoms with Crippen molar-refractivity contribution in [2.45, 2.75) is 94.0 Å². The Hall–Kier alpha value is -3.02. The molecule has 1 unspecified atom stereocenters. The van der Waals surface area contributed by atoms with Crippen molar-refractivity contribution < 1.29 is 33.8 Å². The number of likely N-dealkylation sites (tertiary alicyclic amines) is 1. The van der Waals surface area contributed by atoms with Gasteiger partial charge in [-0.25, -0.2) is 0 Å². The van der Waals surface area contributed by atoms with Crippen LogP contribution in [0.15, 0.2) is 55.6 Å². The van der Waals surface area contributed by atoms with Gasteiger partial charge in [0.25, 0.3) is 0 Å². The molecule has 0 aromatic heterocycles. The number of rotatable bonds is 18. The number of unbranched alkanes of at least 4 members (excludes halogenated alkanes) is 1. The average molecular weight is 717 g/mol. The lowest BCUT2D eigenvalue weighted by Crippen LogP contribution is -2.60. The number of aliphatic hydroxyl groups excluding tert-OH is 1. The molecule has 10 nitrogen and oxygen atoms in total. The Morgan fingerprint density at radius 2 is 1.96 bits per heavy atom. The average Bonchev–Trinajstić information content (AvgIpc) is 3.67. The SMILES string of the molecule is C=CCCC(=O)NC[C@@H](OC(=O)[C@H]1[C@@H]2O[C@@]3(CC2Br)[C@@H]1C(=O)N([C@@H](CO)[C@@H](C)CC)[C@@H]3C(=O)N(CC=C)CCCC)c1ccccc1. The Morgan fingerprint density at radius 1 is 1.23 bits per heavy atom. The summed E-state index contributed by atoms with van der Waals surface area (Å²) in [5, 5.41) is 13.5. The molecule has 3 amide bonds. The zero-order chi connectivity index (χ0) is 34.3. The maximum absolute atomic E-state index is 14.7. The molecule has 3 fully saturated rings. The number of carbonyl (C=O) groups is 4. The molecule has 47 heavy (non-hydrogen) atoms. The first-order valence-electron chi connectivity index (χ1n) is 16.9. The fourth-order valence-electron chi connectivity index (χ4n) is 7.40. The lowest BCUT2D eigenvalue weighted by Gasteiger charge is -2.41. The number of fused-ring (bicyclic) bond motifs is 1. The largest absolute Gasteiger partial charge is 0.455 e. The van der Waals surface area contributed by atoms with Gasteiger partial charge in [0.1, 0.15) is 17.7 Å². The number of carbonyl (C=O) groups excluding carboxylic acids is 4. The number of hydrogen-bond acceptors (Lipinski definition) is 7. The topological polar surface area (TPSA) is 125 Å². The van der Waals surface area contributed by atoms with E-state index in [2.05, 4.69) is 34.4 Å². The van der Waals surface area contributed by atoms with E-state index in [9.17, 15) is 24.3 Å². The number of hydrogen-bond donors (Lipinski definition) is 2. The van der Waals surface area contributed by atoms with Gasteiger partial charge < -0.3 is 29.7 Å². The van der Waals surface area contributed by atoms with E-state index < -0.39 is 47.7 Å². The zero-order valence-electron chi connectivity index (χ0n) is 27.8. The third-order valence-corrected chi connectivity index (χ3v) is 10.9. The minimum Gasteiger partial charge on any atom is -0.455 e. The van der Waals surface area contributed by atoms with Crippen LogP contribution in [0.3, 0.4) is 0 Å². The first-order chi connectivity index (χ1) is 22.6. The highest BCUT2D eigenvalue weighted by atomic mass is 79.9. The maximum Gasteiger partial charge on any atom is 0.313 e. The summed E-state index contributed by atoms with van der Waals surface area (Å²) in [5.74, 6) is -3.56. The lowest BCUT2D eigenvalue weighted by atomic mass is 9.70. The molecule has 0 aliphatic carbocycles. The molecule has 4 rings (SSSR count). The third-order valence-electron chi connectivity index (χ3n) is 10.0. The van der Waals surface area contributed by atoms with Crippen molar-refractivity contribution in [2.24, 2.45) is 17.8 Å². The monoisotopic (exact) mass is 715 g/mol. The van der Waals surface area contributed by atoms with Gasteiger partial charge in [-0.2, -0.15) is 0 Å². The number of ether oxygens (including phenoxy) is 2. The highest BCUT2D eigenvalue weighted by Crippen LogP contribution is 2.61. The second-order valence-electron chi connectivity index (χ2n) is 12.9. The van der Waals surface area contributed by atoms with Gasteiger partial charge in [0.2, 0.25) is 17.7 Å². The van der Waals surface area contributed by atoms with Crippen molar-refractivity contribution in [1.82, 2.24) is 15.1 Å². The molecule has 3 aliphatic rings. The number of nitrogens with one attached hydrogen (secondary N) is 1. The van der Waals surface area contributed by atoms with Crippen LogP contribution < -0.4 is 5.32 Å². The van der Waals surface area contributed by atoms with Crippen LogP contribution in [0.2, 0.25) is 0 Å². The van der Waals surface area contributed by atoms with E-state index in [0.29, 0.717) is 37.9 Å². The summed E-state index contributed by atoms with van der Waals surface area (Å²) in [6, 6.07) is 7.47. The van der Waals surface area contributed by atoms with Gasteiger partial charge in [0, 0.05) is 24.3 Å². The number of allylic oxidation sites excluding steroid dienone is 1. The summed E-state index contributed by atoms with van der Waals surface area (Å²) in [5.41, 5.74) is -0.593. The summed E-state index contributed by atoms with van der Waals surface area (Å²) < 4.78 is 12.8. The zero-order valence-corrected chi connectivity index (χ0v) is 29.4. The first-order valence-corrected chi connectivity index (χ1v) is 17.8. The standard InChI is InChI=1S/C36H50BrN3O7/c1-6-10-17-28(42)38-21-27(24-15-13-12-14-16-24)46-35(45)29-30-33(43)40(26(22-41)23(5)9-4)32(36(30)20-25(37)31(29)47-36)34(44)39(18-8-3)19-11-7-2/h6,8,12-16,23,25-27,29-32,41H,1,3,7,9-11,17-22H2,2,4-5H3,(H,38,42)/t23-,25?,26-,27+,29+,30-,31+,32+,36-/m0/s1. The molecule has 258 valence electrons. The lowest BCUT2D eigenvalue weighted by molar-refractivity contribution is -0.161. The summed E-state index contributed by atoms with van der Waals surface area (Å²) in [6.45, 7) is 14.0. The Morgan fingerprint density at radius 3 is 2.57 bits per heavy atom. The highest BCUT2D eigenvalue weighted by molar-refractivity contribution is 9.09. The number of halogens is 1. The quantitative estimate of drug-likeness (QED) is 0.132. The Kier molecular flexibility index (Phi) is 12.8. The fourth-order valence-corrected chi connectivity index (χ4v) is 8.34. The predicted molar refractivity (Wildman–Crippen MR) is 182 cm³/mol. The second-order valence-corrected chi connectivity index (χ2v) is 14.1. The molecule has 0 radical (unpaired) electrons. The molecule has 3 saturated heterocycles. The van der Waals surface area contributed by atoms with Crippen molar-refractivity contribution in [3.63, 3.8) is 0 Å². The Balaban J connectivity index is 1.72. The van der Waals surface area contributed by atoms with Crippen molar-refractivity contribution in [2.75, 3.05) is 26.2 Å². The van der Waals surface area contributed by atoms with Crippen LogP contribution >= 0.6 is 15.9 Å². The predicted octanol–water partition coefficient (Wildman–Crippen LogP) is 4.32. The van der Waals surface area contributed by atoms with E-state index in [1.54, 1.807) is 17.1 Å². The molecule has 9 atom stereocenters. The van der Waals surface area contributed by atoms with Gasteiger partial charge in [0.15, 0.2) is 0 Å². The molecule has 3 aliphatic heterocycles. The minimum atomic E-state index is -1.29. The molecule has 2 bridgehead atoms. The van der Waals surface area contributed by atoms with E-state index in [1.807, 2.05) is 51.1 Å². The summed E-state index contributed by atoms with van der Waals surface area (Å²) in [4.78, 5) is 58.9. The number of esters is 1. The van der Waals surface area contributed by atoms with E-state index in [4.69, 9.17) is 9.47 Å². The van der Waals surface area contributed by atoms with Gasteiger partial charge in [-0.3, -0.25) is 19.2 Å². The number of alkyl halides is 1. The van der Waals surface area contributed by atoms with E-state index in [1.165, 1.54) is 4.90 Å². The van der Waals surface area contributed by atoms with Gasteiger partial charge in [0.05, 0.1) is 37.1 Å². The van der Waals surface area contributed by atoms with Crippen molar-refractivity contribution >= 4 is 39.6 Å². The van der Waals surface area contributed by atoms with Crippen LogP contribution in [0.5, 0.6) is 0 Å². The maximum atomic E-state index is 14.7. The van der Waals surface area contributed by atoms with Crippen LogP contribution in [0.25, 0.3) is 0 Å². The number of nitrogens with zero attached hydrogens (tertiary/aromatic N) is 2. The normalized spacial score (nSPS) is 27.9. The minimum absolute atomic E-state index is 0.0489. The van der Waals surface area contributed by atoms with Gasteiger partial charge in [-0.15, -0.1) is 13.2 Å². The van der Waals surface area contributed by atoms with Crippen LogP contribution in [0.4, 0.5) is 0 Å². The third kappa shape index (κ3) is 7.37. The van der Waals surface area contributed by atoms with E-state index in [-0.39, 0.29) is 48.0 Å². The molecule has 3 heterocycles. The molecule has 2 N–H and O–H groups in total. The van der Waals surface area contributed by atoms with E-state index >= 15 is 0 Å². The Labute approximate surface area is 287 Å². The van der Waals surface area contributed by atoms with Crippen LogP contribution in [0, 0.1) is 17.8 Å². The molecule has 1 spiro atoms. The van der Waals surface area contributed by atoms with Crippen molar-refractivity contribution in [1.29, 1.82) is 0 Å². The summed E-state index contributed by atoms with van der Waals surface area (Å²) >= 11 is 3.73. The molecular weight excluding hydrogens is 666 g/mol.